The van der Waals surface area contributed by atoms with E-state index >= 15 is 0 Å². The minimum atomic E-state index is -0.305. The summed E-state index contributed by atoms with van der Waals surface area (Å²) in [5, 5.41) is 9.33. The molecule has 2 heterocycles. The molecule has 2 aromatic heterocycles. The molecule has 4 nitrogen and oxygen atoms in total. The SMILES string of the molecule is CCSc1nnc(SCc2cc(=O)oc3cc(CC)ccc23)s1. The first kappa shape index (κ1) is 16.5. The van der Waals surface area contributed by atoms with Crippen molar-refractivity contribution in [1.82, 2.24) is 10.2 Å². The number of benzene rings is 1. The van der Waals surface area contributed by atoms with E-state index in [0.717, 1.165) is 37.4 Å². The fourth-order valence-electron chi connectivity index (χ4n) is 2.19. The lowest BCUT2D eigenvalue weighted by molar-refractivity contribution is 0.559. The summed E-state index contributed by atoms with van der Waals surface area (Å²) in [5.41, 5.74) is 2.49. The number of rotatable bonds is 6. The molecule has 0 bridgehead atoms. The van der Waals surface area contributed by atoms with E-state index in [2.05, 4.69) is 30.1 Å². The first-order valence-corrected chi connectivity index (χ1v) is 10.1. The molecule has 0 fully saturated rings. The van der Waals surface area contributed by atoms with Crippen molar-refractivity contribution in [3.63, 3.8) is 0 Å². The average Bonchev–Trinajstić information content (AvgIpc) is 2.99. The summed E-state index contributed by atoms with van der Waals surface area (Å²) in [4.78, 5) is 11.8. The molecule has 0 atom stereocenters. The van der Waals surface area contributed by atoms with E-state index in [1.807, 2.05) is 12.1 Å². The molecule has 0 aliphatic heterocycles. The summed E-state index contributed by atoms with van der Waals surface area (Å²) in [6.07, 6.45) is 0.918. The van der Waals surface area contributed by atoms with Crippen LogP contribution in [-0.2, 0) is 12.2 Å². The molecule has 0 aliphatic rings. The van der Waals surface area contributed by atoms with Crippen molar-refractivity contribution in [2.45, 2.75) is 34.7 Å². The Morgan fingerprint density at radius 2 is 1.91 bits per heavy atom. The highest BCUT2D eigenvalue weighted by Gasteiger charge is 2.09. The van der Waals surface area contributed by atoms with Gasteiger partial charge in [-0.05, 0) is 29.4 Å². The van der Waals surface area contributed by atoms with Crippen LogP contribution in [0.5, 0.6) is 0 Å². The van der Waals surface area contributed by atoms with E-state index in [4.69, 9.17) is 4.42 Å². The molecule has 0 unspecified atom stereocenters. The first-order valence-electron chi connectivity index (χ1n) is 7.34. The molecule has 0 aliphatic carbocycles. The van der Waals surface area contributed by atoms with Crippen LogP contribution in [0, 0.1) is 0 Å². The fourth-order valence-corrected chi connectivity index (χ4v) is 5.10. The largest absolute Gasteiger partial charge is 0.423 e. The summed E-state index contributed by atoms with van der Waals surface area (Å²) in [6.45, 7) is 4.18. The number of aryl methyl sites for hydroxylation is 1. The number of hydrogen-bond donors (Lipinski definition) is 0. The van der Waals surface area contributed by atoms with Gasteiger partial charge in [0.2, 0.25) is 0 Å². The van der Waals surface area contributed by atoms with Gasteiger partial charge in [0, 0.05) is 17.2 Å². The Balaban J connectivity index is 1.85. The minimum Gasteiger partial charge on any atom is -0.423 e. The highest BCUT2D eigenvalue weighted by atomic mass is 32.2. The molecular weight excluding hydrogens is 348 g/mol. The topological polar surface area (TPSA) is 56.0 Å². The standard InChI is InChI=1S/C16H16N2O2S3/c1-3-10-5-6-12-11(8-14(19)20-13(12)7-10)9-22-16-18-17-15(23-16)21-4-2/h5-8H,3-4,9H2,1-2H3. The molecule has 0 spiro atoms. The van der Waals surface area contributed by atoms with Gasteiger partial charge < -0.3 is 4.42 Å². The maximum Gasteiger partial charge on any atom is 0.336 e. The van der Waals surface area contributed by atoms with Crippen molar-refractivity contribution in [2.24, 2.45) is 0 Å². The Kier molecular flexibility index (Phi) is 5.40. The van der Waals surface area contributed by atoms with Crippen molar-refractivity contribution in [3.8, 4) is 0 Å². The molecule has 0 radical (unpaired) electrons. The van der Waals surface area contributed by atoms with Gasteiger partial charge in [0.05, 0.1) is 0 Å². The summed E-state index contributed by atoms with van der Waals surface area (Å²) in [5.74, 6) is 1.67. The van der Waals surface area contributed by atoms with Crippen molar-refractivity contribution in [2.75, 3.05) is 5.75 Å². The number of thioether (sulfide) groups is 2. The number of nitrogens with zero attached hydrogens (tertiary/aromatic N) is 2. The lowest BCUT2D eigenvalue weighted by Crippen LogP contribution is -2.00. The average molecular weight is 365 g/mol. The van der Waals surface area contributed by atoms with E-state index in [1.54, 1.807) is 40.9 Å². The molecule has 23 heavy (non-hydrogen) atoms. The van der Waals surface area contributed by atoms with Crippen LogP contribution in [0.2, 0.25) is 0 Å². The van der Waals surface area contributed by atoms with Crippen LogP contribution < -0.4 is 5.63 Å². The molecule has 0 amide bonds. The second-order valence-electron chi connectivity index (χ2n) is 4.83. The van der Waals surface area contributed by atoms with Crippen LogP contribution in [0.3, 0.4) is 0 Å². The molecule has 0 saturated carbocycles. The predicted octanol–water partition coefficient (Wildman–Crippen LogP) is 4.61. The van der Waals surface area contributed by atoms with Crippen LogP contribution in [0.15, 0.2) is 42.2 Å². The Labute approximate surface area is 146 Å². The normalized spacial score (nSPS) is 11.2. The first-order chi connectivity index (χ1) is 11.2. The zero-order chi connectivity index (χ0) is 16.2. The smallest absolute Gasteiger partial charge is 0.336 e. The summed E-state index contributed by atoms with van der Waals surface area (Å²) >= 11 is 4.89. The lowest BCUT2D eigenvalue weighted by atomic mass is 10.1. The van der Waals surface area contributed by atoms with E-state index in [1.165, 1.54) is 0 Å². The predicted molar refractivity (Wildman–Crippen MR) is 97.7 cm³/mol. The molecule has 3 aromatic rings. The second-order valence-corrected chi connectivity index (χ2v) is 8.54. The van der Waals surface area contributed by atoms with Gasteiger partial charge in [0.15, 0.2) is 8.68 Å². The van der Waals surface area contributed by atoms with Gasteiger partial charge in [-0.2, -0.15) is 0 Å². The lowest BCUT2D eigenvalue weighted by Gasteiger charge is -2.05. The van der Waals surface area contributed by atoms with Crippen LogP contribution in [0.4, 0.5) is 0 Å². The number of fused-ring (bicyclic) bond motifs is 1. The molecule has 7 heteroatoms. The van der Waals surface area contributed by atoms with Crippen molar-refractivity contribution < 1.29 is 4.42 Å². The monoisotopic (exact) mass is 364 g/mol. The van der Waals surface area contributed by atoms with Crippen LogP contribution >= 0.6 is 34.9 Å². The third-order valence-corrected chi connectivity index (χ3v) is 6.43. The highest BCUT2D eigenvalue weighted by Crippen LogP contribution is 2.32. The molecule has 0 N–H and O–H groups in total. The maximum absolute atomic E-state index is 11.8. The van der Waals surface area contributed by atoms with Gasteiger partial charge in [-0.1, -0.05) is 60.8 Å². The van der Waals surface area contributed by atoms with Crippen LogP contribution in [0.1, 0.15) is 25.0 Å². The van der Waals surface area contributed by atoms with E-state index in [9.17, 15) is 4.79 Å². The number of hydrogen-bond acceptors (Lipinski definition) is 7. The van der Waals surface area contributed by atoms with Crippen LogP contribution in [-0.4, -0.2) is 16.0 Å². The molecule has 3 rings (SSSR count). The number of aromatic nitrogens is 2. The van der Waals surface area contributed by atoms with Crippen molar-refractivity contribution >= 4 is 45.8 Å². The van der Waals surface area contributed by atoms with E-state index in [-0.39, 0.29) is 5.63 Å². The van der Waals surface area contributed by atoms with Crippen molar-refractivity contribution in [1.29, 1.82) is 0 Å². The molecule has 0 saturated heterocycles. The van der Waals surface area contributed by atoms with Gasteiger partial charge >= 0.3 is 5.63 Å². The zero-order valence-corrected chi connectivity index (χ0v) is 15.3. The second kappa shape index (κ2) is 7.51. The Morgan fingerprint density at radius 1 is 1.13 bits per heavy atom. The van der Waals surface area contributed by atoms with Crippen LogP contribution in [0.25, 0.3) is 11.0 Å². The molecule has 1 aromatic carbocycles. The quantitative estimate of drug-likeness (QED) is 0.470. The zero-order valence-electron chi connectivity index (χ0n) is 12.9. The highest BCUT2D eigenvalue weighted by molar-refractivity contribution is 8.02. The fraction of sp³-hybridized carbons (Fsp3) is 0.312. The van der Waals surface area contributed by atoms with Gasteiger partial charge in [-0.15, -0.1) is 10.2 Å². The Hall–Kier alpha value is -1.31. The van der Waals surface area contributed by atoms with Crippen molar-refractivity contribution in [3.05, 3.63) is 45.8 Å². The Morgan fingerprint density at radius 3 is 2.65 bits per heavy atom. The summed E-state index contributed by atoms with van der Waals surface area (Å²) < 4.78 is 7.25. The Bertz CT molecular complexity index is 873. The van der Waals surface area contributed by atoms with Gasteiger partial charge in [0.25, 0.3) is 0 Å². The molecule has 120 valence electrons. The van der Waals surface area contributed by atoms with Gasteiger partial charge in [-0.25, -0.2) is 4.79 Å². The summed E-state index contributed by atoms with van der Waals surface area (Å²) in [6, 6.07) is 7.64. The minimum absolute atomic E-state index is 0.305. The molecular formula is C16H16N2O2S3. The van der Waals surface area contributed by atoms with E-state index < -0.39 is 0 Å². The summed E-state index contributed by atoms with van der Waals surface area (Å²) in [7, 11) is 0. The van der Waals surface area contributed by atoms with Gasteiger partial charge in [-0.3, -0.25) is 0 Å². The maximum atomic E-state index is 11.8. The third kappa shape index (κ3) is 3.97. The third-order valence-electron chi connectivity index (χ3n) is 3.31. The van der Waals surface area contributed by atoms with Gasteiger partial charge in [0.1, 0.15) is 5.58 Å². The van der Waals surface area contributed by atoms with E-state index in [0.29, 0.717) is 11.3 Å².